The van der Waals surface area contributed by atoms with Gasteiger partial charge in [-0.3, -0.25) is 0 Å². The molecule has 2 nitrogen and oxygen atoms in total. The molecule has 0 radical (unpaired) electrons. The van der Waals surface area contributed by atoms with Crippen LogP contribution in [0.1, 0.15) is 25.8 Å². The number of ether oxygens (including phenoxy) is 1. The van der Waals surface area contributed by atoms with Gasteiger partial charge < -0.3 is 9.72 Å². The van der Waals surface area contributed by atoms with Crippen molar-refractivity contribution in [2.24, 2.45) is 11.8 Å². The number of H-pyrrole nitrogens is 1. The maximum absolute atomic E-state index is 6.60. The second-order valence-corrected chi connectivity index (χ2v) is 8.42. The van der Waals surface area contributed by atoms with Crippen LogP contribution < -0.4 is 0 Å². The average molecular weight is 377 g/mol. The van der Waals surface area contributed by atoms with Crippen molar-refractivity contribution in [1.29, 1.82) is 0 Å². The number of nitrogens with one attached hydrogen (secondary N) is 1. The Morgan fingerprint density at radius 1 is 1.10 bits per heavy atom. The van der Waals surface area contributed by atoms with E-state index in [2.05, 4.69) is 85.6 Å². The summed E-state index contributed by atoms with van der Waals surface area (Å²) < 4.78 is 6.60. The number of hydrogen-bond donors (Lipinski definition) is 1. The lowest BCUT2D eigenvalue weighted by molar-refractivity contribution is 0.0938. The third kappa shape index (κ3) is 2.55. The molecule has 29 heavy (non-hydrogen) atoms. The molecule has 1 N–H and O–H groups in total. The maximum atomic E-state index is 6.60. The van der Waals surface area contributed by atoms with E-state index in [1.165, 1.54) is 33.1 Å². The molecule has 0 spiro atoms. The first-order chi connectivity index (χ1) is 14.2. The minimum absolute atomic E-state index is 0.105. The van der Waals surface area contributed by atoms with Crippen molar-refractivity contribution in [2.75, 3.05) is 0 Å². The third-order valence-electron chi connectivity index (χ3n) is 6.64. The summed E-state index contributed by atoms with van der Waals surface area (Å²) in [4.78, 5) is 3.45. The molecule has 2 aromatic carbocycles. The topological polar surface area (TPSA) is 25.0 Å². The molecule has 4 atom stereocenters. The van der Waals surface area contributed by atoms with E-state index in [1.54, 1.807) is 0 Å². The highest BCUT2D eigenvalue weighted by atomic mass is 16.5. The van der Waals surface area contributed by atoms with Crippen LogP contribution >= 0.6 is 0 Å². The van der Waals surface area contributed by atoms with E-state index in [0.29, 0.717) is 11.8 Å². The summed E-state index contributed by atoms with van der Waals surface area (Å²) in [6, 6.07) is 17.0. The van der Waals surface area contributed by atoms with E-state index in [4.69, 9.17) is 4.74 Å². The second kappa shape index (κ2) is 6.24. The van der Waals surface area contributed by atoms with Gasteiger partial charge in [0.15, 0.2) is 0 Å². The lowest BCUT2D eigenvalue weighted by Gasteiger charge is -2.26. The zero-order valence-electron chi connectivity index (χ0n) is 16.7. The monoisotopic (exact) mass is 377 g/mol. The number of rotatable bonds is 2. The van der Waals surface area contributed by atoms with E-state index in [0.717, 1.165) is 17.5 Å². The van der Waals surface area contributed by atoms with E-state index >= 15 is 0 Å². The average Bonchev–Trinajstić information content (AvgIpc) is 3.30. The summed E-state index contributed by atoms with van der Waals surface area (Å²) >= 11 is 0. The van der Waals surface area contributed by atoms with Gasteiger partial charge in [0, 0.05) is 28.1 Å². The van der Waals surface area contributed by atoms with Gasteiger partial charge >= 0.3 is 0 Å². The number of benzene rings is 1. The van der Waals surface area contributed by atoms with Crippen molar-refractivity contribution in [1.82, 2.24) is 4.98 Å². The lowest BCUT2D eigenvalue weighted by atomic mass is 9.76. The van der Waals surface area contributed by atoms with Crippen LogP contribution in [-0.2, 0) is 4.74 Å². The van der Waals surface area contributed by atoms with Crippen LogP contribution in [0.3, 0.4) is 0 Å². The molecule has 2 aliphatic carbocycles. The van der Waals surface area contributed by atoms with Crippen LogP contribution in [0.15, 0.2) is 71.9 Å². The molecule has 0 bridgehead atoms. The number of hydrogen-bond acceptors (Lipinski definition) is 1. The van der Waals surface area contributed by atoms with Gasteiger partial charge in [0.2, 0.25) is 0 Å². The highest BCUT2D eigenvalue weighted by molar-refractivity contribution is 6.07. The Morgan fingerprint density at radius 2 is 2.03 bits per heavy atom. The van der Waals surface area contributed by atoms with Crippen LogP contribution in [0.4, 0.5) is 0 Å². The third-order valence-corrected chi connectivity index (χ3v) is 6.64. The molecule has 1 fully saturated rings. The molecule has 6 rings (SSSR count). The summed E-state index contributed by atoms with van der Waals surface area (Å²) in [6.45, 7) is 4.43. The molecular weight excluding hydrogens is 354 g/mol. The summed E-state index contributed by atoms with van der Waals surface area (Å²) in [5.74, 6) is 0.827. The smallest absolute Gasteiger partial charge is 0.0981 e. The Hall–Kier alpha value is -3.02. The van der Waals surface area contributed by atoms with Gasteiger partial charge in [-0.25, -0.2) is 0 Å². The Balaban J connectivity index is 1.46. The largest absolute Gasteiger partial charge is 0.365 e. The molecule has 3 aromatic rings. The van der Waals surface area contributed by atoms with E-state index in [-0.39, 0.29) is 12.2 Å². The van der Waals surface area contributed by atoms with Crippen LogP contribution in [0, 0.1) is 24.0 Å². The zero-order valence-corrected chi connectivity index (χ0v) is 16.7. The van der Waals surface area contributed by atoms with Crippen molar-refractivity contribution in [3.63, 3.8) is 0 Å². The van der Waals surface area contributed by atoms with Crippen LogP contribution in [-0.4, -0.2) is 17.2 Å². The quantitative estimate of drug-likeness (QED) is 0.567. The molecule has 0 amide bonds. The normalized spacial score (nSPS) is 27.9. The van der Waals surface area contributed by atoms with Gasteiger partial charge in [-0.05, 0) is 54.8 Å². The van der Waals surface area contributed by atoms with Gasteiger partial charge in [0.05, 0.1) is 17.7 Å². The highest BCUT2D eigenvalue weighted by Gasteiger charge is 2.45. The van der Waals surface area contributed by atoms with Gasteiger partial charge in [0.25, 0.3) is 0 Å². The van der Waals surface area contributed by atoms with E-state index < -0.39 is 0 Å². The van der Waals surface area contributed by atoms with E-state index in [1.807, 2.05) is 6.07 Å². The fraction of sp³-hybridized carbons (Fsp3) is 0.259. The van der Waals surface area contributed by atoms with Gasteiger partial charge in [-0.2, -0.15) is 0 Å². The summed E-state index contributed by atoms with van der Waals surface area (Å²) in [5.41, 5.74) is 7.44. The minimum atomic E-state index is 0.105. The van der Waals surface area contributed by atoms with Crippen molar-refractivity contribution in [3.8, 4) is 0 Å². The molecule has 1 aliphatic heterocycles. The lowest BCUT2D eigenvalue weighted by Crippen LogP contribution is -2.23. The summed E-state index contributed by atoms with van der Waals surface area (Å²) in [5, 5.41) is 2.43. The van der Waals surface area contributed by atoms with Gasteiger partial charge in [0.1, 0.15) is 0 Å². The SMILES string of the molecule is CCC1=CC2C(C=C1)OC1C(c3ccc4[nH]c5c#cccc5c4c3)=CC(C)=CC12. The molecule has 0 saturated carbocycles. The van der Waals surface area contributed by atoms with Gasteiger partial charge in [-0.1, -0.05) is 60.6 Å². The highest BCUT2D eigenvalue weighted by Crippen LogP contribution is 2.47. The van der Waals surface area contributed by atoms with Crippen molar-refractivity contribution in [2.45, 2.75) is 32.5 Å². The zero-order chi connectivity index (χ0) is 19.5. The molecule has 2 heteroatoms. The number of fused-ring (bicyclic) bond motifs is 6. The fourth-order valence-electron chi connectivity index (χ4n) is 5.22. The maximum Gasteiger partial charge on any atom is 0.0981 e. The summed E-state index contributed by atoms with van der Waals surface area (Å²) in [6.07, 6.45) is 13.0. The minimum Gasteiger partial charge on any atom is -0.365 e. The standard InChI is InChI=1S/C27H23NO/c1-3-17-8-11-26-22(14-17)23-13-16(2)12-20(27(23)29-26)18-9-10-25-21(15-18)19-6-4-5-7-24(19)28-25/h4,6,8-15,22-23,26-28H,3H2,1-2H3. The molecule has 4 unspecified atom stereocenters. The van der Waals surface area contributed by atoms with Crippen molar-refractivity contribution < 1.29 is 4.74 Å². The van der Waals surface area contributed by atoms with Crippen LogP contribution in [0.25, 0.3) is 27.4 Å². The fourth-order valence-corrected chi connectivity index (χ4v) is 5.22. The summed E-state index contributed by atoms with van der Waals surface area (Å²) in [7, 11) is 0. The Kier molecular flexibility index (Phi) is 3.63. The first kappa shape index (κ1) is 16.9. The molecule has 1 saturated heterocycles. The Morgan fingerprint density at radius 3 is 2.93 bits per heavy atom. The number of aromatic amines is 1. The van der Waals surface area contributed by atoms with Crippen LogP contribution in [0.5, 0.6) is 0 Å². The van der Waals surface area contributed by atoms with Gasteiger partial charge in [-0.15, -0.1) is 0 Å². The Labute approximate surface area is 171 Å². The molecule has 2 heterocycles. The first-order valence-electron chi connectivity index (χ1n) is 10.5. The first-order valence-corrected chi connectivity index (χ1v) is 10.5. The molecule has 3 aliphatic rings. The number of aromatic nitrogens is 1. The predicted molar refractivity (Wildman–Crippen MR) is 118 cm³/mol. The van der Waals surface area contributed by atoms with E-state index in [9.17, 15) is 0 Å². The Bertz CT molecular complexity index is 1250. The predicted octanol–water partition coefficient (Wildman–Crippen LogP) is 6.17. The second-order valence-electron chi connectivity index (χ2n) is 8.42. The van der Waals surface area contributed by atoms with Crippen molar-refractivity contribution in [3.05, 3.63) is 89.6 Å². The number of allylic oxidation sites excluding steroid dienone is 4. The van der Waals surface area contributed by atoms with Crippen molar-refractivity contribution >= 4 is 27.4 Å². The molecular formula is C27H23NO. The molecule has 142 valence electrons. The molecule has 1 aromatic heterocycles. The van der Waals surface area contributed by atoms with Crippen LogP contribution in [0.2, 0.25) is 0 Å².